The largest absolute Gasteiger partial charge is 0.493 e. The van der Waals surface area contributed by atoms with Gasteiger partial charge in [0.25, 0.3) is 0 Å². The molecule has 0 amide bonds. The predicted molar refractivity (Wildman–Crippen MR) is 131 cm³/mol. The van der Waals surface area contributed by atoms with Gasteiger partial charge in [-0.1, -0.05) is 0 Å². The summed E-state index contributed by atoms with van der Waals surface area (Å²) >= 11 is 0. The van der Waals surface area contributed by atoms with Crippen molar-refractivity contribution in [2.75, 3.05) is 36.1 Å². The van der Waals surface area contributed by atoms with E-state index in [0.29, 0.717) is 18.0 Å². The molecule has 0 atom stereocenters. The molecule has 2 aliphatic rings. The van der Waals surface area contributed by atoms with Crippen molar-refractivity contribution in [1.29, 1.82) is 0 Å². The Hall–Kier alpha value is -3.24. The fourth-order valence-electron chi connectivity index (χ4n) is 4.82. The van der Waals surface area contributed by atoms with Gasteiger partial charge in [-0.3, -0.25) is 4.57 Å². The minimum absolute atomic E-state index is 0.0698. The number of fused-ring (bicyclic) bond motifs is 2. The smallest absolute Gasteiger partial charge is 0.161 e. The zero-order valence-corrected chi connectivity index (χ0v) is 19.5. The number of hydrogen-bond donors (Lipinski definition) is 1. The fourth-order valence-corrected chi connectivity index (χ4v) is 6.35. The summed E-state index contributed by atoms with van der Waals surface area (Å²) in [7, 11) is -2.84. The Morgan fingerprint density at radius 2 is 1.88 bits per heavy atom. The minimum atomic E-state index is -2.84. The third-order valence-corrected chi connectivity index (χ3v) is 8.66. The van der Waals surface area contributed by atoms with E-state index in [0.717, 1.165) is 53.7 Å². The number of sulfone groups is 1. The van der Waals surface area contributed by atoms with E-state index in [4.69, 9.17) is 10.5 Å². The van der Waals surface area contributed by atoms with Crippen LogP contribution in [-0.4, -0.2) is 65.2 Å². The van der Waals surface area contributed by atoms with Crippen LogP contribution in [0.1, 0.15) is 12.8 Å². The van der Waals surface area contributed by atoms with Crippen molar-refractivity contribution in [2.24, 2.45) is 11.7 Å². The number of rotatable bonds is 5. The topological polar surface area (TPSA) is 116 Å². The molecule has 9 nitrogen and oxygen atoms in total. The molecule has 0 spiro atoms. The lowest BCUT2D eigenvalue weighted by Crippen LogP contribution is -2.39. The Morgan fingerprint density at radius 1 is 1.06 bits per heavy atom. The number of hydrogen-bond acceptors (Lipinski definition) is 8. The molecular weight excluding hydrogens is 452 g/mol. The number of nitrogens with zero attached hydrogens (tertiary/aromatic N) is 5. The second-order valence-corrected chi connectivity index (χ2v) is 11.4. The second kappa shape index (κ2) is 8.21. The monoisotopic (exact) mass is 478 g/mol. The van der Waals surface area contributed by atoms with Crippen molar-refractivity contribution in [3.8, 4) is 11.4 Å². The van der Waals surface area contributed by atoms with Crippen LogP contribution < -0.4 is 15.4 Å². The molecule has 3 aromatic heterocycles. The van der Waals surface area contributed by atoms with Gasteiger partial charge in [0, 0.05) is 48.4 Å². The van der Waals surface area contributed by atoms with Crippen molar-refractivity contribution < 1.29 is 13.2 Å². The zero-order valence-electron chi connectivity index (χ0n) is 18.7. The van der Waals surface area contributed by atoms with Crippen molar-refractivity contribution in [3.63, 3.8) is 0 Å². The molecule has 0 saturated carbocycles. The lowest BCUT2D eigenvalue weighted by Gasteiger charge is -2.32. The normalized spacial score (nSPS) is 18.9. The Kier molecular flexibility index (Phi) is 5.14. The highest BCUT2D eigenvalue weighted by Gasteiger charge is 2.33. The number of imidazole rings is 1. The van der Waals surface area contributed by atoms with Crippen LogP contribution in [0.5, 0.6) is 5.75 Å². The summed E-state index contributed by atoms with van der Waals surface area (Å²) in [5.74, 6) is 1.17. The first-order valence-corrected chi connectivity index (χ1v) is 13.3. The van der Waals surface area contributed by atoms with Crippen molar-refractivity contribution in [2.45, 2.75) is 18.9 Å². The summed E-state index contributed by atoms with van der Waals surface area (Å²) in [4.78, 5) is 16.0. The van der Waals surface area contributed by atoms with Crippen LogP contribution in [0.3, 0.4) is 0 Å². The van der Waals surface area contributed by atoms with Gasteiger partial charge in [0.15, 0.2) is 15.5 Å². The number of anilines is 1. The first-order chi connectivity index (χ1) is 16.4. The first-order valence-electron chi connectivity index (χ1n) is 11.5. The SMILES string of the molecule is NC1CCN(c2ccnc3ncc(-n4cnc5cc(OCC6CS(=O)(=O)C6)ccc54)cc23)CC1. The molecule has 0 bridgehead atoms. The summed E-state index contributed by atoms with van der Waals surface area (Å²) < 4.78 is 30.5. The average Bonchev–Trinajstić information content (AvgIpc) is 3.24. The van der Waals surface area contributed by atoms with Crippen molar-refractivity contribution in [1.82, 2.24) is 19.5 Å². The van der Waals surface area contributed by atoms with Gasteiger partial charge in [0.1, 0.15) is 12.1 Å². The molecular formula is C24H26N6O3S. The fraction of sp³-hybridized carbons (Fsp3) is 0.375. The minimum Gasteiger partial charge on any atom is -0.493 e. The van der Waals surface area contributed by atoms with Gasteiger partial charge in [0.05, 0.1) is 41.0 Å². The molecule has 1 aromatic carbocycles. The number of ether oxygens (including phenoxy) is 1. The summed E-state index contributed by atoms with van der Waals surface area (Å²) in [5.41, 5.74) is 10.6. The van der Waals surface area contributed by atoms with Crippen LogP contribution in [0, 0.1) is 5.92 Å². The van der Waals surface area contributed by atoms with E-state index in [1.807, 2.05) is 41.2 Å². The molecule has 2 N–H and O–H groups in total. The van der Waals surface area contributed by atoms with Crippen molar-refractivity contribution >= 4 is 37.6 Å². The summed E-state index contributed by atoms with van der Waals surface area (Å²) in [6.07, 6.45) is 7.36. The molecule has 2 saturated heterocycles. The highest BCUT2D eigenvalue weighted by molar-refractivity contribution is 7.92. The van der Waals surface area contributed by atoms with Crippen LogP contribution in [0.4, 0.5) is 5.69 Å². The van der Waals surface area contributed by atoms with E-state index in [1.54, 1.807) is 6.33 Å². The van der Waals surface area contributed by atoms with Gasteiger partial charge in [-0.05, 0) is 37.1 Å². The maximum absolute atomic E-state index is 11.3. The number of benzene rings is 1. The third-order valence-electron chi connectivity index (χ3n) is 6.70. The molecule has 0 aliphatic carbocycles. The van der Waals surface area contributed by atoms with Gasteiger partial charge in [0.2, 0.25) is 0 Å². The van der Waals surface area contributed by atoms with Gasteiger partial charge in [-0.25, -0.2) is 23.4 Å². The summed E-state index contributed by atoms with van der Waals surface area (Å²) in [6, 6.07) is 10.2. The van der Waals surface area contributed by atoms with E-state index in [-0.39, 0.29) is 23.5 Å². The van der Waals surface area contributed by atoms with Gasteiger partial charge in [-0.2, -0.15) is 0 Å². The average molecular weight is 479 g/mol. The predicted octanol–water partition coefficient (Wildman–Crippen LogP) is 2.32. The van der Waals surface area contributed by atoms with Gasteiger partial charge in [-0.15, -0.1) is 0 Å². The molecule has 2 fully saturated rings. The van der Waals surface area contributed by atoms with E-state index < -0.39 is 9.84 Å². The molecule has 176 valence electrons. The first kappa shape index (κ1) is 21.3. The second-order valence-electron chi connectivity index (χ2n) is 9.24. The Labute approximate surface area is 197 Å². The van der Waals surface area contributed by atoms with Gasteiger partial charge < -0.3 is 15.4 Å². The van der Waals surface area contributed by atoms with E-state index in [1.165, 1.54) is 0 Å². The summed E-state index contributed by atoms with van der Waals surface area (Å²) in [6.45, 7) is 2.25. The quantitative estimate of drug-likeness (QED) is 0.465. The third kappa shape index (κ3) is 3.97. The Balaban J connectivity index is 1.28. The summed E-state index contributed by atoms with van der Waals surface area (Å²) in [5, 5.41) is 1.01. The maximum atomic E-state index is 11.3. The highest BCUT2D eigenvalue weighted by Crippen LogP contribution is 2.30. The lowest BCUT2D eigenvalue weighted by atomic mass is 10.0. The number of nitrogens with two attached hydrogens (primary N) is 1. The van der Waals surface area contributed by atoms with Crippen LogP contribution >= 0.6 is 0 Å². The molecule has 5 heterocycles. The maximum Gasteiger partial charge on any atom is 0.161 e. The molecule has 0 unspecified atom stereocenters. The molecule has 34 heavy (non-hydrogen) atoms. The molecule has 2 aliphatic heterocycles. The lowest BCUT2D eigenvalue weighted by molar-refractivity contribution is 0.264. The van der Waals surface area contributed by atoms with E-state index in [9.17, 15) is 8.42 Å². The van der Waals surface area contributed by atoms with Gasteiger partial charge >= 0.3 is 0 Å². The zero-order chi connectivity index (χ0) is 23.3. The Bertz CT molecular complexity index is 1460. The molecule has 0 radical (unpaired) electrons. The number of pyridine rings is 2. The van der Waals surface area contributed by atoms with Crippen LogP contribution in [0.25, 0.3) is 27.8 Å². The number of aromatic nitrogens is 4. The Morgan fingerprint density at radius 3 is 2.68 bits per heavy atom. The van der Waals surface area contributed by atoms with Crippen molar-refractivity contribution in [3.05, 3.63) is 49.1 Å². The van der Waals surface area contributed by atoms with Crippen LogP contribution in [0.2, 0.25) is 0 Å². The standard InChI is InChI=1S/C24H26N6O3S/c25-17-4-7-29(8-5-17)22-3-6-26-24-20(22)9-18(11-27-24)30-15-28-21-10-19(1-2-23(21)30)33-12-16-13-34(31,32)14-16/h1-3,6,9-11,15-17H,4-5,7-8,12-14,25H2. The molecule has 6 rings (SSSR count). The van der Waals surface area contributed by atoms with Crippen LogP contribution in [0.15, 0.2) is 49.1 Å². The van der Waals surface area contributed by atoms with E-state index in [2.05, 4.69) is 25.9 Å². The highest BCUT2D eigenvalue weighted by atomic mass is 32.2. The van der Waals surface area contributed by atoms with E-state index >= 15 is 0 Å². The van der Waals surface area contributed by atoms with Crippen LogP contribution in [-0.2, 0) is 9.84 Å². The number of piperidine rings is 1. The molecule has 10 heteroatoms. The molecule has 4 aromatic rings.